The van der Waals surface area contributed by atoms with Crippen molar-refractivity contribution in [2.24, 2.45) is 5.92 Å². The first-order valence-corrected chi connectivity index (χ1v) is 5.95. The Morgan fingerprint density at radius 2 is 1.93 bits per heavy atom. The molecule has 0 aromatic carbocycles. The molecule has 0 aliphatic heterocycles. The van der Waals surface area contributed by atoms with E-state index in [4.69, 9.17) is 0 Å². The average Bonchev–Trinajstić information content (AvgIpc) is 2.16. The van der Waals surface area contributed by atoms with Gasteiger partial charge in [0.2, 0.25) is 0 Å². The van der Waals surface area contributed by atoms with Gasteiger partial charge in [0.15, 0.2) is 0 Å². The standard InChI is InChI=1S/C14H26/c1-5-7-9-14(10-8-6-2)12-11-13(3)4/h5,7,11,14H,6,8-10,12H2,1-4H3. The van der Waals surface area contributed by atoms with Crippen LogP contribution in [0.3, 0.4) is 0 Å². The van der Waals surface area contributed by atoms with E-state index in [0.717, 1.165) is 5.92 Å². The molecule has 0 aliphatic carbocycles. The van der Waals surface area contributed by atoms with Crippen LogP contribution in [0.25, 0.3) is 0 Å². The van der Waals surface area contributed by atoms with Crippen LogP contribution in [0.4, 0.5) is 0 Å². The number of allylic oxidation sites excluding steroid dienone is 4. The molecule has 0 aliphatic rings. The maximum atomic E-state index is 2.38. The highest BCUT2D eigenvalue weighted by atomic mass is 14.1. The molecule has 0 saturated heterocycles. The van der Waals surface area contributed by atoms with Crippen molar-refractivity contribution in [2.45, 2.75) is 59.8 Å². The lowest BCUT2D eigenvalue weighted by atomic mass is 9.94. The van der Waals surface area contributed by atoms with Crippen LogP contribution in [0.1, 0.15) is 59.8 Å². The van der Waals surface area contributed by atoms with Gasteiger partial charge in [-0.1, -0.05) is 43.6 Å². The van der Waals surface area contributed by atoms with E-state index in [1.54, 1.807) is 0 Å². The Bertz CT molecular complexity index is 170. The summed E-state index contributed by atoms with van der Waals surface area (Å²) >= 11 is 0. The van der Waals surface area contributed by atoms with Crippen molar-refractivity contribution in [1.29, 1.82) is 0 Å². The SMILES string of the molecule is CC=CCC(CC=C(C)C)CCCC. The molecule has 0 saturated carbocycles. The summed E-state index contributed by atoms with van der Waals surface area (Å²) in [6.45, 7) is 8.75. The predicted molar refractivity (Wildman–Crippen MR) is 66.5 cm³/mol. The Morgan fingerprint density at radius 1 is 1.21 bits per heavy atom. The first-order chi connectivity index (χ1) is 6.70. The van der Waals surface area contributed by atoms with Gasteiger partial charge in [0, 0.05) is 0 Å². The third-order valence-corrected chi connectivity index (χ3v) is 2.53. The van der Waals surface area contributed by atoms with Gasteiger partial charge in [0.25, 0.3) is 0 Å². The minimum absolute atomic E-state index is 0.862. The van der Waals surface area contributed by atoms with Crippen molar-refractivity contribution >= 4 is 0 Å². The van der Waals surface area contributed by atoms with Gasteiger partial charge in [-0.05, 0) is 46.0 Å². The molecule has 0 aromatic rings. The summed E-state index contributed by atoms with van der Waals surface area (Å²) in [5.41, 5.74) is 1.45. The second-order valence-electron chi connectivity index (χ2n) is 4.33. The Morgan fingerprint density at radius 3 is 2.43 bits per heavy atom. The Kier molecular flexibility index (Phi) is 8.72. The Hall–Kier alpha value is -0.520. The summed E-state index contributed by atoms with van der Waals surface area (Å²) in [5.74, 6) is 0.862. The average molecular weight is 194 g/mol. The molecule has 0 aromatic heterocycles. The van der Waals surface area contributed by atoms with Gasteiger partial charge in [-0.3, -0.25) is 0 Å². The van der Waals surface area contributed by atoms with Crippen molar-refractivity contribution in [3.05, 3.63) is 23.8 Å². The van der Waals surface area contributed by atoms with Crippen LogP contribution in [0, 0.1) is 5.92 Å². The monoisotopic (exact) mass is 194 g/mol. The fraction of sp³-hybridized carbons (Fsp3) is 0.714. The summed E-state index contributed by atoms with van der Waals surface area (Å²) < 4.78 is 0. The van der Waals surface area contributed by atoms with Crippen LogP contribution in [0.15, 0.2) is 23.8 Å². The summed E-state index contributed by atoms with van der Waals surface area (Å²) in [7, 11) is 0. The molecule has 0 heteroatoms. The van der Waals surface area contributed by atoms with Crippen LogP contribution >= 0.6 is 0 Å². The smallest absolute Gasteiger partial charge is 0.0317 e. The summed E-state index contributed by atoms with van der Waals surface area (Å²) in [6, 6.07) is 0. The van der Waals surface area contributed by atoms with Crippen LogP contribution in [-0.2, 0) is 0 Å². The fourth-order valence-corrected chi connectivity index (χ4v) is 1.56. The van der Waals surface area contributed by atoms with Gasteiger partial charge >= 0.3 is 0 Å². The molecule has 0 amide bonds. The fourth-order valence-electron chi connectivity index (χ4n) is 1.56. The largest absolute Gasteiger partial charge is 0.0917 e. The van der Waals surface area contributed by atoms with Gasteiger partial charge in [-0.15, -0.1) is 0 Å². The molecule has 0 spiro atoms. The van der Waals surface area contributed by atoms with E-state index in [2.05, 4.69) is 45.9 Å². The zero-order chi connectivity index (χ0) is 10.8. The highest BCUT2D eigenvalue weighted by Gasteiger charge is 2.04. The highest BCUT2D eigenvalue weighted by Crippen LogP contribution is 2.18. The van der Waals surface area contributed by atoms with E-state index < -0.39 is 0 Å². The lowest BCUT2D eigenvalue weighted by molar-refractivity contribution is 0.474. The zero-order valence-electron chi connectivity index (χ0n) is 10.3. The predicted octanol–water partition coefficient (Wildman–Crippen LogP) is 5.12. The van der Waals surface area contributed by atoms with E-state index >= 15 is 0 Å². The van der Waals surface area contributed by atoms with Gasteiger partial charge in [0.1, 0.15) is 0 Å². The molecule has 82 valence electrons. The molecular formula is C14H26. The molecule has 1 atom stereocenters. The molecule has 0 radical (unpaired) electrons. The highest BCUT2D eigenvalue weighted by molar-refractivity contribution is 4.95. The normalized spacial score (nSPS) is 13.1. The summed E-state index contributed by atoms with van der Waals surface area (Å²) in [5, 5.41) is 0. The lowest BCUT2D eigenvalue weighted by Crippen LogP contribution is -1.97. The molecule has 0 bridgehead atoms. The van der Waals surface area contributed by atoms with Crippen molar-refractivity contribution < 1.29 is 0 Å². The Labute approximate surface area is 90.1 Å². The molecule has 0 rings (SSSR count). The van der Waals surface area contributed by atoms with E-state index in [9.17, 15) is 0 Å². The van der Waals surface area contributed by atoms with Crippen molar-refractivity contribution in [1.82, 2.24) is 0 Å². The molecule has 0 heterocycles. The molecule has 14 heavy (non-hydrogen) atoms. The van der Waals surface area contributed by atoms with Gasteiger partial charge in [0.05, 0.1) is 0 Å². The summed E-state index contributed by atoms with van der Waals surface area (Å²) in [4.78, 5) is 0. The minimum atomic E-state index is 0.862. The Balaban J connectivity index is 3.89. The number of hydrogen-bond acceptors (Lipinski definition) is 0. The zero-order valence-corrected chi connectivity index (χ0v) is 10.3. The van der Waals surface area contributed by atoms with E-state index in [1.165, 1.54) is 37.7 Å². The molecule has 0 fully saturated rings. The van der Waals surface area contributed by atoms with Crippen LogP contribution < -0.4 is 0 Å². The maximum Gasteiger partial charge on any atom is -0.0317 e. The molecule has 1 unspecified atom stereocenters. The van der Waals surface area contributed by atoms with Gasteiger partial charge in [-0.2, -0.15) is 0 Å². The van der Waals surface area contributed by atoms with Crippen molar-refractivity contribution in [3.8, 4) is 0 Å². The van der Waals surface area contributed by atoms with E-state index in [-0.39, 0.29) is 0 Å². The first-order valence-electron chi connectivity index (χ1n) is 5.95. The van der Waals surface area contributed by atoms with Crippen LogP contribution in [0.2, 0.25) is 0 Å². The number of hydrogen-bond donors (Lipinski definition) is 0. The topological polar surface area (TPSA) is 0 Å². The number of unbranched alkanes of at least 4 members (excludes halogenated alkanes) is 1. The second-order valence-corrected chi connectivity index (χ2v) is 4.33. The maximum absolute atomic E-state index is 2.38. The van der Waals surface area contributed by atoms with Crippen LogP contribution in [0.5, 0.6) is 0 Å². The van der Waals surface area contributed by atoms with Crippen molar-refractivity contribution in [3.63, 3.8) is 0 Å². The van der Waals surface area contributed by atoms with E-state index in [1.807, 2.05) is 0 Å². The van der Waals surface area contributed by atoms with Crippen LogP contribution in [-0.4, -0.2) is 0 Å². The van der Waals surface area contributed by atoms with Gasteiger partial charge in [-0.25, -0.2) is 0 Å². The molecular weight excluding hydrogens is 168 g/mol. The van der Waals surface area contributed by atoms with E-state index in [0.29, 0.717) is 0 Å². The quantitative estimate of drug-likeness (QED) is 0.494. The third-order valence-electron chi connectivity index (χ3n) is 2.53. The van der Waals surface area contributed by atoms with Crippen molar-refractivity contribution in [2.75, 3.05) is 0 Å². The molecule has 0 nitrogen and oxygen atoms in total. The number of rotatable bonds is 7. The van der Waals surface area contributed by atoms with Gasteiger partial charge < -0.3 is 0 Å². The second kappa shape index (κ2) is 9.05. The first kappa shape index (κ1) is 13.5. The third kappa shape index (κ3) is 8.10. The minimum Gasteiger partial charge on any atom is -0.0917 e. The summed E-state index contributed by atoms with van der Waals surface area (Å²) in [6.07, 6.45) is 13.4. The lowest BCUT2D eigenvalue weighted by Gasteiger charge is -2.12. The molecule has 0 N–H and O–H groups in total.